The number of ether oxygens (including phenoxy) is 1. The normalized spacial score (nSPS) is 22.2. The number of fused-ring (bicyclic) bond motifs is 1. The molecular weight excluding hydrogens is 304 g/mol. The molecule has 0 aliphatic carbocycles. The lowest BCUT2D eigenvalue weighted by atomic mass is 10.0. The van der Waals surface area contributed by atoms with E-state index in [0.29, 0.717) is 23.4 Å². The summed E-state index contributed by atoms with van der Waals surface area (Å²) in [6, 6.07) is 13.0. The molecule has 2 unspecified atom stereocenters. The van der Waals surface area contributed by atoms with Crippen molar-refractivity contribution in [1.29, 1.82) is 0 Å². The molecule has 6 heteroatoms. The molecule has 1 aromatic carbocycles. The Hall–Kier alpha value is -2.60. The van der Waals surface area contributed by atoms with Crippen LogP contribution in [-0.4, -0.2) is 42.1 Å². The Balaban J connectivity index is 1.34. The third-order valence-corrected chi connectivity index (χ3v) is 4.63. The highest BCUT2D eigenvalue weighted by molar-refractivity contribution is 5.89. The van der Waals surface area contributed by atoms with Gasteiger partial charge in [0.1, 0.15) is 5.75 Å². The minimum atomic E-state index is -0.0528. The molecule has 4 rings (SSSR count). The van der Waals surface area contributed by atoms with Gasteiger partial charge in [-0.3, -0.25) is 0 Å². The first kappa shape index (κ1) is 15.0. The zero-order valence-corrected chi connectivity index (χ0v) is 13.3. The van der Waals surface area contributed by atoms with Crippen molar-refractivity contribution in [2.45, 2.75) is 0 Å². The van der Waals surface area contributed by atoms with E-state index in [4.69, 9.17) is 4.74 Å². The van der Waals surface area contributed by atoms with Gasteiger partial charge in [0, 0.05) is 32.2 Å². The predicted octanol–water partition coefficient (Wildman–Crippen LogP) is 2.56. The largest absolute Gasteiger partial charge is 0.439 e. The number of hydrogen-bond donors (Lipinski definition) is 2. The fourth-order valence-electron chi connectivity index (χ4n) is 3.35. The molecule has 1 aromatic heterocycles. The van der Waals surface area contributed by atoms with Gasteiger partial charge in [-0.2, -0.15) is 0 Å². The van der Waals surface area contributed by atoms with Crippen LogP contribution in [0.25, 0.3) is 0 Å². The molecule has 2 atom stereocenters. The number of pyridine rings is 1. The van der Waals surface area contributed by atoms with Crippen molar-refractivity contribution in [3.05, 3.63) is 48.7 Å². The number of para-hydroxylation sites is 1. The van der Waals surface area contributed by atoms with Crippen molar-refractivity contribution in [3.63, 3.8) is 0 Å². The Morgan fingerprint density at radius 2 is 1.88 bits per heavy atom. The van der Waals surface area contributed by atoms with Gasteiger partial charge in [-0.25, -0.2) is 9.78 Å². The topological polar surface area (TPSA) is 66.5 Å². The second kappa shape index (κ2) is 6.49. The van der Waals surface area contributed by atoms with Gasteiger partial charge in [0.2, 0.25) is 5.88 Å². The van der Waals surface area contributed by atoms with Gasteiger partial charge in [-0.1, -0.05) is 18.2 Å². The van der Waals surface area contributed by atoms with Crippen molar-refractivity contribution < 1.29 is 9.53 Å². The van der Waals surface area contributed by atoms with Gasteiger partial charge in [0.25, 0.3) is 0 Å². The zero-order valence-electron chi connectivity index (χ0n) is 13.3. The maximum absolute atomic E-state index is 12.4. The molecule has 2 aliphatic rings. The van der Waals surface area contributed by atoms with E-state index in [2.05, 4.69) is 15.6 Å². The Kier molecular flexibility index (Phi) is 4.04. The number of urea groups is 1. The van der Waals surface area contributed by atoms with Crippen LogP contribution in [0.15, 0.2) is 48.7 Å². The van der Waals surface area contributed by atoms with Crippen LogP contribution < -0.4 is 15.4 Å². The summed E-state index contributed by atoms with van der Waals surface area (Å²) < 4.78 is 5.65. The van der Waals surface area contributed by atoms with Gasteiger partial charge in [0.15, 0.2) is 0 Å². The number of nitrogens with one attached hydrogen (secondary N) is 2. The number of nitrogens with zero attached hydrogens (tertiary/aromatic N) is 2. The smallest absolute Gasteiger partial charge is 0.321 e. The fourth-order valence-corrected chi connectivity index (χ4v) is 3.35. The molecule has 2 saturated heterocycles. The lowest BCUT2D eigenvalue weighted by Gasteiger charge is -2.18. The number of carbonyl (C=O) groups is 1. The van der Waals surface area contributed by atoms with Gasteiger partial charge in [-0.15, -0.1) is 0 Å². The van der Waals surface area contributed by atoms with Crippen LogP contribution >= 0.6 is 0 Å². The lowest BCUT2D eigenvalue weighted by Crippen LogP contribution is -2.35. The third kappa shape index (κ3) is 3.19. The van der Waals surface area contributed by atoms with Crippen LogP contribution in [0.5, 0.6) is 11.6 Å². The number of benzene rings is 1. The van der Waals surface area contributed by atoms with Crippen LogP contribution in [0.3, 0.4) is 0 Å². The number of carbonyl (C=O) groups excluding carboxylic acids is 1. The molecule has 0 saturated carbocycles. The number of hydrogen-bond acceptors (Lipinski definition) is 4. The summed E-state index contributed by atoms with van der Waals surface area (Å²) >= 11 is 0. The molecular formula is C18H20N4O2. The highest BCUT2D eigenvalue weighted by Gasteiger charge is 2.38. The van der Waals surface area contributed by atoms with Gasteiger partial charge >= 0.3 is 6.03 Å². The van der Waals surface area contributed by atoms with Gasteiger partial charge in [0.05, 0.1) is 11.9 Å². The van der Waals surface area contributed by atoms with Crippen molar-refractivity contribution in [3.8, 4) is 11.6 Å². The summed E-state index contributed by atoms with van der Waals surface area (Å²) in [4.78, 5) is 18.5. The summed E-state index contributed by atoms with van der Waals surface area (Å²) in [5, 5.41) is 6.29. The highest BCUT2D eigenvalue weighted by atomic mass is 16.5. The quantitative estimate of drug-likeness (QED) is 0.910. The predicted molar refractivity (Wildman–Crippen MR) is 91.2 cm³/mol. The third-order valence-electron chi connectivity index (χ3n) is 4.63. The Labute approximate surface area is 140 Å². The molecule has 2 aliphatic heterocycles. The number of anilines is 1. The Morgan fingerprint density at radius 1 is 1.12 bits per heavy atom. The second-order valence-electron chi connectivity index (χ2n) is 6.31. The second-order valence-corrected chi connectivity index (χ2v) is 6.31. The summed E-state index contributed by atoms with van der Waals surface area (Å²) in [6.45, 7) is 3.68. The molecule has 0 radical (unpaired) electrons. The summed E-state index contributed by atoms with van der Waals surface area (Å²) in [6.07, 6.45) is 1.62. The van der Waals surface area contributed by atoms with Crippen LogP contribution in [0.4, 0.5) is 10.5 Å². The molecule has 6 nitrogen and oxygen atoms in total. The minimum absolute atomic E-state index is 0.0528. The first-order chi connectivity index (χ1) is 11.8. The number of aromatic nitrogens is 1. The number of amides is 2. The fraction of sp³-hybridized carbons (Fsp3) is 0.333. The monoisotopic (exact) mass is 324 g/mol. The molecule has 0 bridgehead atoms. The molecule has 2 aromatic rings. The molecule has 2 amide bonds. The SMILES string of the molecule is O=C(Nc1ccc(Oc2ccccc2)nc1)N1CC2CNCC2C1. The number of rotatable bonds is 3. The van der Waals surface area contributed by atoms with E-state index in [9.17, 15) is 4.79 Å². The average molecular weight is 324 g/mol. The molecule has 124 valence electrons. The van der Waals surface area contributed by atoms with Crippen LogP contribution in [0.2, 0.25) is 0 Å². The molecule has 2 fully saturated rings. The van der Waals surface area contributed by atoms with Crippen molar-refractivity contribution in [2.24, 2.45) is 11.8 Å². The first-order valence-corrected chi connectivity index (χ1v) is 8.23. The van der Waals surface area contributed by atoms with Crippen molar-refractivity contribution in [1.82, 2.24) is 15.2 Å². The van der Waals surface area contributed by atoms with E-state index in [1.807, 2.05) is 41.3 Å². The van der Waals surface area contributed by atoms with Crippen molar-refractivity contribution >= 4 is 11.7 Å². The van der Waals surface area contributed by atoms with Gasteiger partial charge in [-0.05, 0) is 30.0 Å². The van der Waals surface area contributed by atoms with Crippen LogP contribution in [0, 0.1) is 11.8 Å². The van der Waals surface area contributed by atoms with E-state index in [0.717, 1.165) is 31.9 Å². The minimum Gasteiger partial charge on any atom is -0.439 e. The van der Waals surface area contributed by atoms with E-state index >= 15 is 0 Å². The molecule has 0 spiro atoms. The van der Waals surface area contributed by atoms with E-state index in [1.165, 1.54) is 0 Å². The average Bonchev–Trinajstić information content (AvgIpc) is 3.19. The van der Waals surface area contributed by atoms with Gasteiger partial charge < -0.3 is 20.3 Å². The molecule has 24 heavy (non-hydrogen) atoms. The maximum Gasteiger partial charge on any atom is 0.321 e. The van der Waals surface area contributed by atoms with E-state index in [-0.39, 0.29) is 6.03 Å². The number of likely N-dealkylation sites (tertiary alicyclic amines) is 1. The standard InChI is InChI=1S/C18H20N4O2/c23-18(22-11-13-8-19-9-14(13)12-22)21-15-6-7-17(20-10-15)24-16-4-2-1-3-5-16/h1-7,10,13-14,19H,8-9,11-12H2,(H,21,23). The lowest BCUT2D eigenvalue weighted by molar-refractivity contribution is 0.219. The van der Waals surface area contributed by atoms with E-state index < -0.39 is 0 Å². The Morgan fingerprint density at radius 3 is 2.54 bits per heavy atom. The molecule has 3 heterocycles. The zero-order chi connectivity index (χ0) is 16.4. The van der Waals surface area contributed by atoms with Crippen LogP contribution in [0.1, 0.15) is 0 Å². The first-order valence-electron chi connectivity index (χ1n) is 8.23. The summed E-state index contributed by atoms with van der Waals surface area (Å²) in [7, 11) is 0. The van der Waals surface area contributed by atoms with Crippen LogP contribution in [-0.2, 0) is 0 Å². The molecule has 2 N–H and O–H groups in total. The Bertz CT molecular complexity index is 693. The summed E-state index contributed by atoms with van der Waals surface area (Å²) in [5.41, 5.74) is 0.676. The van der Waals surface area contributed by atoms with E-state index in [1.54, 1.807) is 12.3 Å². The maximum atomic E-state index is 12.4. The van der Waals surface area contributed by atoms with Crippen molar-refractivity contribution in [2.75, 3.05) is 31.5 Å². The highest BCUT2D eigenvalue weighted by Crippen LogP contribution is 2.27. The summed E-state index contributed by atoms with van der Waals surface area (Å²) in [5.74, 6) is 2.42.